The van der Waals surface area contributed by atoms with Crippen LogP contribution in [0.15, 0.2) is 103 Å². The van der Waals surface area contributed by atoms with Crippen LogP contribution in [-0.2, 0) is 18.6 Å². The van der Waals surface area contributed by atoms with Crippen LogP contribution in [0.5, 0.6) is 0 Å². The highest BCUT2D eigenvalue weighted by Gasteiger charge is 2.52. The van der Waals surface area contributed by atoms with Gasteiger partial charge in [0.05, 0.1) is 33.6 Å². The first-order valence-electron chi connectivity index (χ1n) is 15.9. The third-order valence-electron chi connectivity index (χ3n) is 10.3. The second-order valence-corrected chi connectivity index (χ2v) is 14.3. The van der Waals surface area contributed by atoms with Crippen LogP contribution in [0.4, 0.5) is 0 Å². The van der Waals surface area contributed by atoms with Gasteiger partial charge < -0.3 is 23.2 Å². The van der Waals surface area contributed by atoms with Crippen LogP contribution in [0.25, 0.3) is 39.0 Å². The molecule has 2 saturated heterocycles. The topological polar surface area (TPSA) is 41.9 Å². The van der Waals surface area contributed by atoms with E-state index < -0.39 is 36.6 Å². The van der Waals surface area contributed by atoms with E-state index in [0.29, 0.717) is 0 Å². The molecule has 5 nitrogen and oxygen atoms in total. The summed E-state index contributed by atoms with van der Waals surface area (Å²) in [4.78, 5) is 0. The average molecular weight is 597 g/mol. The Bertz CT molecular complexity index is 1830. The number of nitrogens with zero attached hydrogens (tertiary/aromatic N) is 1. The Morgan fingerprint density at radius 1 is 0.467 bits per heavy atom. The predicted octanol–water partition coefficient (Wildman–Crippen LogP) is 7.56. The third-order valence-corrected chi connectivity index (χ3v) is 10.3. The highest BCUT2D eigenvalue weighted by Crippen LogP contribution is 2.43. The molecule has 7 heteroatoms. The summed E-state index contributed by atoms with van der Waals surface area (Å²) < 4.78 is 27.8. The van der Waals surface area contributed by atoms with E-state index in [1.54, 1.807) is 0 Å². The molecule has 0 spiro atoms. The number of hydrogen-bond donors (Lipinski definition) is 0. The summed E-state index contributed by atoms with van der Waals surface area (Å²) in [5.74, 6) is 0. The molecule has 7 rings (SSSR count). The summed E-state index contributed by atoms with van der Waals surface area (Å²) in [7, 11) is -0.817. The first kappa shape index (κ1) is 30.1. The fraction of sp³-hybridized carbons (Fsp3) is 0.316. The van der Waals surface area contributed by atoms with Crippen molar-refractivity contribution in [2.75, 3.05) is 0 Å². The molecule has 1 aromatic heterocycles. The first-order chi connectivity index (χ1) is 21.3. The minimum Gasteiger partial charge on any atom is -0.399 e. The van der Waals surface area contributed by atoms with E-state index >= 15 is 0 Å². The van der Waals surface area contributed by atoms with Gasteiger partial charge in [0.25, 0.3) is 0 Å². The van der Waals surface area contributed by atoms with E-state index in [1.165, 1.54) is 10.9 Å². The number of benzene rings is 4. The zero-order valence-corrected chi connectivity index (χ0v) is 27.5. The van der Waals surface area contributed by atoms with Gasteiger partial charge in [0.15, 0.2) is 0 Å². The molecule has 0 bridgehead atoms. The lowest BCUT2D eigenvalue weighted by Gasteiger charge is -2.32. The van der Waals surface area contributed by atoms with Gasteiger partial charge in [0, 0.05) is 16.6 Å². The van der Waals surface area contributed by atoms with Crippen LogP contribution < -0.4 is 10.9 Å². The molecule has 0 aliphatic carbocycles. The monoisotopic (exact) mass is 597 g/mol. The van der Waals surface area contributed by atoms with Crippen LogP contribution in [0.1, 0.15) is 55.4 Å². The maximum atomic E-state index is 6.36. The van der Waals surface area contributed by atoms with E-state index in [1.807, 2.05) is 0 Å². The van der Waals surface area contributed by atoms with Gasteiger partial charge in [-0.1, -0.05) is 84.9 Å². The van der Waals surface area contributed by atoms with Crippen molar-refractivity contribution < 1.29 is 18.6 Å². The molecule has 0 saturated carbocycles. The summed E-state index contributed by atoms with van der Waals surface area (Å²) in [5.41, 5.74) is 7.27. The molecule has 4 aromatic carbocycles. The minimum atomic E-state index is -0.411. The fourth-order valence-corrected chi connectivity index (χ4v) is 6.21. The second-order valence-electron chi connectivity index (χ2n) is 14.3. The van der Waals surface area contributed by atoms with Gasteiger partial charge in [-0.25, -0.2) is 0 Å². The molecule has 0 N–H and O–H groups in total. The smallest absolute Gasteiger partial charge is 0.399 e. The summed E-state index contributed by atoms with van der Waals surface area (Å²) in [5, 5.41) is 1.19. The largest absolute Gasteiger partial charge is 0.494 e. The van der Waals surface area contributed by atoms with Crippen molar-refractivity contribution in [2.45, 2.75) is 77.8 Å². The Labute approximate surface area is 267 Å². The van der Waals surface area contributed by atoms with Gasteiger partial charge >= 0.3 is 14.2 Å². The van der Waals surface area contributed by atoms with E-state index in [4.69, 9.17) is 18.6 Å². The van der Waals surface area contributed by atoms with Gasteiger partial charge in [0.2, 0.25) is 0 Å². The molecule has 5 aromatic rings. The molecule has 2 fully saturated rings. The van der Waals surface area contributed by atoms with Crippen molar-refractivity contribution in [3.05, 3.63) is 103 Å². The fourth-order valence-electron chi connectivity index (χ4n) is 6.21. The van der Waals surface area contributed by atoms with Crippen LogP contribution in [0.2, 0.25) is 0 Å². The summed E-state index contributed by atoms with van der Waals surface area (Å²) >= 11 is 0. The number of fused-ring (bicyclic) bond motifs is 1. The molecule has 0 unspecified atom stereocenters. The van der Waals surface area contributed by atoms with Crippen molar-refractivity contribution in [3.8, 4) is 28.1 Å². The van der Waals surface area contributed by atoms with Crippen molar-refractivity contribution >= 4 is 36.1 Å². The quantitative estimate of drug-likeness (QED) is 0.196. The SMILES string of the molecule is CC1(C)OB(c2ccc(-c3c(-c4ccc(B5OC(C)(C)C(C)(C)O5)cc4)n(-c4ccccc4)c4ccccc34)cc2)OC1(C)C. The van der Waals surface area contributed by atoms with Crippen molar-refractivity contribution in [2.24, 2.45) is 0 Å². The van der Waals surface area contributed by atoms with Crippen LogP contribution >= 0.6 is 0 Å². The molecule has 0 radical (unpaired) electrons. The Balaban J connectivity index is 1.35. The third kappa shape index (κ3) is 4.97. The molecular weight excluding hydrogens is 556 g/mol. The van der Waals surface area contributed by atoms with Gasteiger partial charge in [-0.3, -0.25) is 0 Å². The Morgan fingerprint density at radius 3 is 1.38 bits per heavy atom. The predicted molar refractivity (Wildman–Crippen MR) is 186 cm³/mol. The number of aromatic nitrogens is 1. The molecule has 0 atom stereocenters. The van der Waals surface area contributed by atoms with E-state index in [0.717, 1.165) is 39.0 Å². The molecular formula is C38H41B2NO4. The number of hydrogen-bond acceptors (Lipinski definition) is 4. The molecule has 3 heterocycles. The van der Waals surface area contributed by atoms with E-state index in [9.17, 15) is 0 Å². The zero-order valence-electron chi connectivity index (χ0n) is 27.5. The van der Waals surface area contributed by atoms with Crippen molar-refractivity contribution in [3.63, 3.8) is 0 Å². The maximum absolute atomic E-state index is 6.36. The van der Waals surface area contributed by atoms with Crippen LogP contribution in [0, 0.1) is 0 Å². The normalized spacial score (nSPS) is 19.8. The number of rotatable bonds is 5. The van der Waals surface area contributed by atoms with Crippen molar-refractivity contribution in [1.82, 2.24) is 4.57 Å². The van der Waals surface area contributed by atoms with Crippen molar-refractivity contribution in [1.29, 1.82) is 0 Å². The minimum absolute atomic E-state index is 0.390. The zero-order chi connectivity index (χ0) is 31.8. The lowest BCUT2D eigenvalue weighted by molar-refractivity contribution is 0.00578. The van der Waals surface area contributed by atoms with Gasteiger partial charge in [-0.05, 0) is 95.6 Å². The molecule has 45 heavy (non-hydrogen) atoms. The molecule has 2 aliphatic heterocycles. The van der Waals surface area contributed by atoms with E-state index in [2.05, 4.69) is 163 Å². The molecule has 228 valence electrons. The lowest BCUT2D eigenvalue weighted by atomic mass is 9.78. The lowest BCUT2D eigenvalue weighted by Crippen LogP contribution is -2.41. The highest BCUT2D eigenvalue weighted by atomic mass is 16.7. The second kappa shape index (κ2) is 10.5. The molecule has 2 aliphatic rings. The summed E-state index contributed by atoms with van der Waals surface area (Å²) in [6, 6.07) is 36.5. The average Bonchev–Trinajstić information content (AvgIpc) is 3.55. The maximum Gasteiger partial charge on any atom is 0.494 e. The van der Waals surface area contributed by atoms with Gasteiger partial charge in [-0.2, -0.15) is 0 Å². The Kier molecular flexibility index (Phi) is 6.99. The summed E-state index contributed by atoms with van der Waals surface area (Å²) in [6.07, 6.45) is 0. The highest BCUT2D eigenvalue weighted by molar-refractivity contribution is 6.62. The Hall–Kier alpha value is -3.61. The first-order valence-corrected chi connectivity index (χ1v) is 15.9. The van der Waals surface area contributed by atoms with Crippen LogP contribution in [-0.4, -0.2) is 41.2 Å². The Morgan fingerprint density at radius 2 is 0.889 bits per heavy atom. The van der Waals surface area contributed by atoms with Gasteiger partial charge in [-0.15, -0.1) is 0 Å². The van der Waals surface area contributed by atoms with Gasteiger partial charge in [0.1, 0.15) is 0 Å². The number of para-hydroxylation sites is 2. The summed E-state index contributed by atoms with van der Waals surface area (Å²) in [6.45, 7) is 16.7. The molecule has 0 amide bonds. The standard InChI is InChI=1S/C38H41B2NO4/c1-35(2)36(3,4)43-39(42-35)28-22-18-26(19-23-28)33-31-16-12-13-17-32(31)41(30-14-10-9-11-15-30)34(33)27-20-24-29(25-21-27)40-44-37(5,6)38(7,8)45-40/h9-25H,1-8H3. The van der Waals surface area contributed by atoms with E-state index in [-0.39, 0.29) is 0 Å². The van der Waals surface area contributed by atoms with Crippen LogP contribution in [0.3, 0.4) is 0 Å².